The lowest BCUT2D eigenvalue weighted by molar-refractivity contribution is 0.0502. The highest BCUT2D eigenvalue weighted by Crippen LogP contribution is 2.36. The van der Waals surface area contributed by atoms with Gasteiger partial charge in [0.15, 0.2) is 0 Å². The maximum Gasteiger partial charge on any atom is 0.355 e. The van der Waals surface area contributed by atoms with Gasteiger partial charge in [0, 0.05) is 5.69 Å². The van der Waals surface area contributed by atoms with Crippen molar-refractivity contribution < 1.29 is 28.6 Å². The van der Waals surface area contributed by atoms with E-state index in [1.54, 1.807) is 55.5 Å². The van der Waals surface area contributed by atoms with E-state index in [0.29, 0.717) is 16.9 Å². The largest absolute Gasteiger partial charge is 0.465 e. The van der Waals surface area contributed by atoms with Crippen LogP contribution in [-0.4, -0.2) is 43.3 Å². The zero-order valence-corrected chi connectivity index (χ0v) is 16.9. The molecule has 0 fully saturated rings. The number of methoxy groups -OCH3 is 2. The van der Waals surface area contributed by atoms with Crippen LogP contribution in [0.15, 0.2) is 60.7 Å². The number of hydrogen-bond donors (Lipinski definition) is 0. The zero-order valence-electron chi connectivity index (χ0n) is 16.9. The minimum Gasteiger partial charge on any atom is -0.465 e. The summed E-state index contributed by atoms with van der Waals surface area (Å²) in [5.74, 6) is -2.37. The van der Waals surface area contributed by atoms with Crippen molar-refractivity contribution in [3.05, 3.63) is 77.5 Å². The molecule has 0 saturated carbocycles. The van der Waals surface area contributed by atoms with Gasteiger partial charge in [-0.2, -0.15) is 0 Å². The Bertz CT molecular complexity index is 1070. The molecule has 0 saturated heterocycles. The van der Waals surface area contributed by atoms with Gasteiger partial charge >= 0.3 is 17.9 Å². The number of ether oxygens (including phenoxy) is 3. The molecule has 30 heavy (non-hydrogen) atoms. The number of carbonyl (C=O) groups is 3. The van der Waals surface area contributed by atoms with Crippen LogP contribution in [0.2, 0.25) is 0 Å². The van der Waals surface area contributed by atoms with Gasteiger partial charge in [-0.15, -0.1) is 0 Å². The fourth-order valence-electron chi connectivity index (χ4n) is 3.27. The van der Waals surface area contributed by atoms with Crippen molar-refractivity contribution in [1.29, 1.82) is 0 Å². The van der Waals surface area contributed by atoms with Crippen molar-refractivity contribution in [2.45, 2.75) is 6.92 Å². The van der Waals surface area contributed by atoms with E-state index in [2.05, 4.69) is 0 Å². The molecule has 0 bridgehead atoms. The number of esters is 3. The molecule has 0 aliphatic heterocycles. The first-order chi connectivity index (χ1) is 14.5. The van der Waals surface area contributed by atoms with Crippen LogP contribution >= 0.6 is 0 Å². The van der Waals surface area contributed by atoms with Crippen LogP contribution < -0.4 is 0 Å². The van der Waals surface area contributed by atoms with Gasteiger partial charge in [-0.25, -0.2) is 14.4 Å². The number of rotatable bonds is 6. The molecule has 0 atom stereocenters. The first-order valence-corrected chi connectivity index (χ1v) is 9.28. The lowest BCUT2D eigenvalue weighted by Crippen LogP contribution is -2.16. The number of hydrogen-bond acceptors (Lipinski definition) is 6. The molecule has 1 heterocycles. The number of nitrogens with zero attached hydrogens (tertiary/aromatic N) is 1. The second-order valence-corrected chi connectivity index (χ2v) is 6.19. The fraction of sp³-hybridized carbons (Fsp3) is 0.174. The summed E-state index contributed by atoms with van der Waals surface area (Å²) in [6.45, 7) is 1.76. The van der Waals surface area contributed by atoms with Crippen LogP contribution in [-0.2, 0) is 14.2 Å². The number of aromatic nitrogens is 1. The molecule has 0 radical (unpaired) electrons. The van der Waals surface area contributed by atoms with E-state index in [0.717, 1.165) is 0 Å². The summed E-state index contributed by atoms with van der Waals surface area (Å²) in [5, 5.41) is 0. The third-order valence-electron chi connectivity index (χ3n) is 4.48. The number of para-hydroxylation sites is 1. The quantitative estimate of drug-likeness (QED) is 0.455. The summed E-state index contributed by atoms with van der Waals surface area (Å²) in [5.41, 5.74) is 1.14. The minimum absolute atomic E-state index is 0.0563. The normalized spacial score (nSPS) is 10.4. The number of carbonyl (C=O) groups excluding carboxylic acids is 3. The molecular weight excluding hydrogens is 386 g/mol. The maximum absolute atomic E-state index is 13.0. The summed E-state index contributed by atoms with van der Waals surface area (Å²) in [6, 6.07) is 17.9. The summed E-state index contributed by atoms with van der Waals surface area (Å²) in [7, 11) is 2.39. The van der Waals surface area contributed by atoms with Crippen molar-refractivity contribution in [3.63, 3.8) is 0 Å². The van der Waals surface area contributed by atoms with Crippen molar-refractivity contribution in [2.75, 3.05) is 20.8 Å². The van der Waals surface area contributed by atoms with E-state index >= 15 is 0 Å². The van der Waals surface area contributed by atoms with E-state index in [1.165, 1.54) is 18.8 Å². The van der Waals surface area contributed by atoms with E-state index in [9.17, 15) is 14.4 Å². The van der Waals surface area contributed by atoms with Crippen LogP contribution in [0.3, 0.4) is 0 Å². The summed E-state index contributed by atoms with van der Waals surface area (Å²) < 4.78 is 16.6. The van der Waals surface area contributed by atoms with Gasteiger partial charge in [0.25, 0.3) is 0 Å². The lowest BCUT2D eigenvalue weighted by Gasteiger charge is -2.13. The fourth-order valence-corrected chi connectivity index (χ4v) is 3.27. The van der Waals surface area contributed by atoms with Crippen molar-refractivity contribution in [1.82, 2.24) is 4.57 Å². The first-order valence-electron chi connectivity index (χ1n) is 9.28. The molecule has 0 unspecified atom stereocenters. The van der Waals surface area contributed by atoms with Crippen molar-refractivity contribution in [3.8, 4) is 16.9 Å². The molecule has 1 aromatic heterocycles. The van der Waals surface area contributed by atoms with Gasteiger partial charge in [0.2, 0.25) is 0 Å². The van der Waals surface area contributed by atoms with Gasteiger partial charge in [-0.1, -0.05) is 48.5 Å². The third kappa shape index (κ3) is 3.69. The van der Waals surface area contributed by atoms with Crippen LogP contribution in [0.1, 0.15) is 38.1 Å². The average Bonchev–Trinajstić information content (AvgIpc) is 3.15. The highest BCUT2D eigenvalue weighted by Gasteiger charge is 2.37. The van der Waals surface area contributed by atoms with Gasteiger partial charge in [-0.3, -0.25) is 0 Å². The second kappa shape index (κ2) is 9.09. The molecule has 7 nitrogen and oxygen atoms in total. The molecule has 0 aliphatic carbocycles. The maximum atomic E-state index is 13.0. The zero-order chi connectivity index (χ0) is 21.7. The molecule has 3 rings (SSSR count). The van der Waals surface area contributed by atoms with Crippen LogP contribution in [0.4, 0.5) is 0 Å². The Labute approximate surface area is 173 Å². The Morgan fingerprint density at radius 2 is 1.33 bits per heavy atom. The molecule has 3 aromatic rings. The van der Waals surface area contributed by atoms with Gasteiger partial charge < -0.3 is 18.8 Å². The Balaban J connectivity index is 2.54. The first kappa shape index (κ1) is 20.9. The Hall–Kier alpha value is -3.87. The monoisotopic (exact) mass is 407 g/mol. The van der Waals surface area contributed by atoms with Crippen molar-refractivity contribution in [2.24, 2.45) is 0 Å². The molecule has 0 aliphatic rings. The molecule has 0 N–H and O–H groups in total. The third-order valence-corrected chi connectivity index (χ3v) is 4.48. The smallest absolute Gasteiger partial charge is 0.355 e. The van der Waals surface area contributed by atoms with E-state index < -0.39 is 17.9 Å². The Morgan fingerprint density at radius 3 is 1.87 bits per heavy atom. The summed E-state index contributed by atoms with van der Waals surface area (Å²) in [6.07, 6.45) is 0. The minimum atomic E-state index is -0.842. The summed E-state index contributed by atoms with van der Waals surface area (Å²) >= 11 is 0. The second-order valence-electron chi connectivity index (χ2n) is 6.19. The standard InChI is InChI=1S/C23H21NO6/c1-4-30-22(26)17-18(21(25)28-2)20(23(27)29-3)24(16-13-9-6-10-14-16)19(17)15-11-7-5-8-12-15/h5-14H,4H2,1-3H3. The van der Waals surface area contributed by atoms with Crippen LogP contribution in [0.25, 0.3) is 16.9 Å². The van der Waals surface area contributed by atoms with E-state index in [-0.39, 0.29) is 23.4 Å². The van der Waals surface area contributed by atoms with Crippen molar-refractivity contribution >= 4 is 17.9 Å². The predicted molar refractivity (Wildman–Crippen MR) is 110 cm³/mol. The average molecular weight is 407 g/mol. The van der Waals surface area contributed by atoms with Gasteiger partial charge in [0.05, 0.1) is 26.5 Å². The molecular formula is C23H21NO6. The van der Waals surface area contributed by atoms with E-state index in [4.69, 9.17) is 14.2 Å². The lowest BCUT2D eigenvalue weighted by atomic mass is 10.0. The van der Waals surface area contributed by atoms with Gasteiger partial charge in [-0.05, 0) is 24.6 Å². The van der Waals surface area contributed by atoms with Gasteiger partial charge in [0.1, 0.15) is 16.8 Å². The molecule has 0 amide bonds. The van der Waals surface area contributed by atoms with Crippen LogP contribution in [0, 0.1) is 0 Å². The topological polar surface area (TPSA) is 83.8 Å². The SMILES string of the molecule is CCOC(=O)c1c(C(=O)OC)c(C(=O)OC)n(-c2ccccc2)c1-c1ccccc1. The Kier molecular flexibility index (Phi) is 6.32. The predicted octanol–water partition coefficient (Wildman–Crippen LogP) is 3.89. The summed E-state index contributed by atoms with van der Waals surface area (Å²) in [4.78, 5) is 38.6. The highest BCUT2D eigenvalue weighted by molar-refractivity contribution is 6.14. The number of benzene rings is 2. The highest BCUT2D eigenvalue weighted by atomic mass is 16.5. The molecule has 7 heteroatoms. The Morgan fingerprint density at radius 1 is 0.767 bits per heavy atom. The molecule has 154 valence electrons. The molecule has 2 aromatic carbocycles. The van der Waals surface area contributed by atoms with Crippen LogP contribution in [0.5, 0.6) is 0 Å². The molecule has 0 spiro atoms. The van der Waals surface area contributed by atoms with E-state index in [1.807, 2.05) is 12.1 Å².